The maximum absolute atomic E-state index is 13.0. The molecule has 2 amide bonds. The van der Waals surface area contributed by atoms with Crippen molar-refractivity contribution in [1.29, 1.82) is 0 Å². The average Bonchev–Trinajstić information content (AvgIpc) is 2.64. The molecule has 5 nitrogen and oxygen atoms in total. The van der Waals surface area contributed by atoms with Crippen LogP contribution in [0.3, 0.4) is 0 Å². The number of amides is 2. The Morgan fingerprint density at radius 1 is 1.12 bits per heavy atom. The van der Waals surface area contributed by atoms with Crippen molar-refractivity contribution in [2.45, 2.75) is 45.7 Å². The summed E-state index contributed by atoms with van der Waals surface area (Å²) in [5.41, 5.74) is 2.54. The number of anilines is 1. The zero-order valence-electron chi connectivity index (χ0n) is 15.5. The second kappa shape index (κ2) is 7.68. The quantitative estimate of drug-likeness (QED) is 0.839. The highest BCUT2D eigenvalue weighted by molar-refractivity contribution is 6.39. The molecular formula is C21H25N3O2. The number of aryl methyl sites for hydroxylation is 1. The SMILES string of the molecule is Cc1cncc(NC(=O)C(=O)N2[C@@H](c3ccccc3)CC[C@H](C)[C@@H]2C)c1. The topological polar surface area (TPSA) is 62.3 Å². The van der Waals surface area contributed by atoms with Gasteiger partial charge in [-0.25, -0.2) is 0 Å². The summed E-state index contributed by atoms with van der Waals surface area (Å²) in [6, 6.07) is 11.7. The molecule has 1 aromatic carbocycles. The van der Waals surface area contributed by atoms with Crippen molar-refractivity contribution in [2.75, 3.05) is 5.32 Å². The summed E-state index contributed by atoms with van der Waals surface area (Å²) in [5.74, 6) is -0.744. The van der Waals surface area contributed by atoms with E-state index in [-0.39, 0.29) is 12.1 Å². The molecule has 0 spiro atoms. The van der Waals surface area contributed by atoms with Crippen LogP contribution in [0, 0.1) is 12.8 Å². The minimum absolute atomic E-state index is 0.00263. The lowest BCUT2D eigenvalue weighted by Gasteiger charge is -2.44. The molecule has 1 aliphatic heterocycles. The molecular weight excluding hydrogens is 326 g/mol. The number of benzene rings is 1. The van der Waals surface area contributed by atoms with Crippen LogP contribution in [0.25, 0.3) is 0 Å². The Bertz CT molecular complexity index is 791. The van der Waals surface area contributed by atoms with Crippen LogP contribution in [-0.2, 0) is 9.59 Å². The monoisotopic (exact) mass is 351 g/mol. The summed E-state index contributed by atoms with van der Waals surface area (Å²) < 4.78 is 0. The van der Waals surface area contributed by atoms with Gasteiger partial charge in [0, 0.05) is 12.2 Å². The number of carbonyl (C=O) groups is 2. The summed E-state index contributed by atoms with van der Waals surface area (Å²) in [4.78, 5) is 31.5. The van der Waals surface area contributed by atoms with Gasteiger partial charge in [-0.2, -0.15) is 0 Å². The normalized spacial score (nSPS) is 22.7. The molecule has 5 heteroatoms. The molecule has 1 fully saturated rings. The van der Waals surface area contributed by atoms with Gasteiger partial charge in [-0.05, 0) is 49.8 Å². The van der Waals surface area contributed by atoms with E-state index in [9.17, 15) is 9.59 Å². The van der Waals surface area contributed by atoms with Crippen molar-refractivity contribution in [3.05, 3.63) is 59.9 Å². The van der Waals surface area contributed by atoms with Gasteiger partial charge in [-0.1, -0.05) is 37.3 Å². The number of hydrogen-bond acceptors (Lipinski definition) is 3. The fourth-order valence-corrected chi connectivity index (χ4v) is 3.61. The van der Waals surface area contributed by atoms with E-state index in [0.29, 0.717) is 11.6 Å². The van der Waals surface area contributed by atoms with E-state index < -0.39 is 11.8 Å². The standard InChI is InChI=1S/C21H25N3O2/c1-14-11-18(13-22-12-14)23-20(25)21(26)24-16(3)15(2)9-10-19(24)17-7-5-4-6-8-17/h4-8,11-13,15-16,19H,9-10H2,1-3H3,(H,23,25)/t15-,16-,19+/m0/s1. The van der Waals surface area contributed by atoms with E-state index in [1.807, 2.05) is 44.2 Å². The molecule has 3 rings (SSSR count). The van der Waals surface area contributed by atoms with E-state index >= 15 is 0 Å². The largest absolute Gasteiger partial charge is 0.324 e. The number of hydrogen-bond donors (Lipinski definition) is 1. The minimum Gasteiger partial charge on any atom is -0.324 e. The van der Waals surface area contributed by atoms with Crippen LogP contribution in [0.15, 0.2) is 48.8 Å². The molecule has 3 atom stereocenters. The molecule has 136 valence electrons. The smallest absolute Gasteiger partial charge is 0.313 e. The number of nitrogens with one attached hydrogen (secondary N) is 1. The molecule has 0 unspecified atom stereocenters. The maximum Gasteiger partial charge on any atom is 0.313 e. The first-order valence-electron chi connectivity index (χ1n) is 9.07. The Balaban J connectivity index is 1.84. The first-order chi connectivity index (χ1) is 12.5. The van der Waals surface area contributed by atoms with Crippen LogP contribution in [0.4, 0.5) is 5.69 Å². The average molecular weight is 351 g/mol. The molecule has 1 aliphatic rings. The van der Waals surface area contributed by atoms with Crippen LogP contribution in [0.5, 0.6) is 0 Å². The summed E-state index contributed by atoms with van der Waals surface area (Å²) in [6.45, 7) is 6.05. The van der Waals surface area contributed by atoms with Gasteiger partial charge in [0.25, 0.3) is 0 Å². The Morgan fingerprint density at radius 3 is 2.54 bits per heavy atom. The number of piperidine rings is 1. The first-order valence-corrected chi connectivity index (χ1v) is 9.07. The number of aromatic nitrogens is 1. The highest BCUT2D eigenvalue weighted by Gasteiger charge is 2.38. The number of rotatable bonds is 2. The van der Waals surface area contributed by atoms with Gasteiger partial charge in [0.2, 0.25) is 0 Å². The maximum atomic E-state index is 13.0. The predicted molar refractivity (Wildman–Crippen MR) is 101 cm³/mol. The van der Waals surface area contributed by atoms with Crippen molar-refractivity contribution in [3.63, 3.8) is 0 Å². The van der Waals surface area contributed by atoms with Crippen LogP contribution in [0.1, 0.15) is 43.9 Å². The summed E-state index contributed by atoms with van der Waals surface area (Å²) in [6.07, 6.45) is 5.15. The molecule has 1 N–H and O–H groups in total. The van der Waals surface area contributed by atoms with Crippen LogP contribution < -0.4 is 5.32 Å². The molecule has 1 aromatic heterocycles. The highest BCUT2D eigenvalue weighted by Crippen LogP contribution is 2.37. The van der Waals surface area contributed by atoms with Gasteiger partial charge in [0.05, 0.1) is 17.9 Å². The van der Waals surface area contributed by atoms with Crippen molar-refractivity contribution in [3.8, 4) is 0 Å². The van der Waals surface area contributed by atoms with Gasteiger partial charge < -0.3 is 10.2 Å². The third-order valence-corrected chi connectivity index (χ3v) is 5.24. The highest BCUT2D eigenvalue weighted by atomic mass is 16.2. The Morgan fingerprint density at radius 2 is 1.85 bits per heavy atom. The molecule has 0 saturated carbocycles. The molecule has 0 bridgehead atoms. The predicted octanol–water partition coefficient (Wildman–Crippen LogP) is 3.72. The minimum atomic E-state index is -0.612. The van der Waals surface area contributed by atoms with Crippen LogP contribution in [0.2, 0.25) is 0 Å². The van der Waals surface area contributed by atoms with E-state index in [0.717, 1.165) is 24.0 Å². The van der Waals surface area contributed by atoms with Crippen LogP contribution >= 0.6 is 0 Å². The van der Waals surface area contributed by atoms with Gasteiger partial charge >= 0.3 is 11.8 Å². The summed E-state index contributed by atoms with van der Waals surface area (Å²) in [7, 11) is 0. The van der Waals surface area contributed by atoms with Gasteiger partial charge in [0.1, 0.15) is 0 Å². The number of nitrogens with zero attached hydrogens (tertiary/aromatic N) is 2. The lowest BCUT2D eigenvalue weighted by molar-refractivity contribution is -0.149. The molecule has 26 heavy (non-hydrogen) atoms. The number of likely N-dealkylation sites (tertiary alicyclic amines) is 1. The number of pyridine rings is 1. The fourth-order valence-electron chi connectivity index (χ4n) is 3.61. The van der Waals surface area contributed by atoms with E-state index in [2.05, 4.69) is 17.2 Å². The second-order valence-corrected chi connectivity index (χ2v) is 7.14. The summed E-state index contributed by atoms with van der Waals surface area (Å²) >= 11 is 0. The molecule has 2 heterocycles. The lowest BCUT2D eigenvalue weighted by Crippen LogP contribution is -2.51. The summed E-state index contributed by atoms with van der Waals surface area (Å²) in [5, 5.41) is 2.69. The van der Waals surface area contributed by atoms with Crippen LogP contribution in [-0.4, -0.2) is 27.7 Å². The Labute approximate surface area is 154 Å². The van der Waals surface area contributed by atoms with Crippen molar-refractivity contribution < 1.29 is 9.59 Å². The van der Waals surface area contributed by atoms with Crippen molar-refractivity contribution >= 4 is 17.5 Å². The fraction of sp³-hybridized carbons (Fsp3) is 0.381. The molecule has 0 radical (unpaired) electrons. The lowest BCUT2D eigenvalue weighted by atomic mass is 9.84. The second-order valence-electron chi connectivity index (χ2n) is 7.14. The van der Waals surface area contributed by atoms with Crippen molar-refractivity contribution in [1.82, 2.24) is 9.88 Å². The zero-order chi connectivity index (χ0) is 18.7. The van der Waals surface area contributed by atoms with Gasteiger partial charge in [0.15, 0.2) is 0 Å². The number of carbonyl (C=O) groups excluding carboxylic acids is 2. The third-order valence-electron chi connectivity index (χ3n) is 5.24. The van der Waals surface area contributed by atoms with Gasteiger partial charge in [-0.15, -0.1) is 0 Å². The third kappa shape index (κ3) is 3.77. The Hall–Kier alpha value is -2.69. The van der Waals surface area contributed by atoms with E-state index in [4.69, 9.17) is 0 Å². The molecule has 0 aliphatic carbocycles. The van der Waals surface area contributed by atoms with E-state index in [1.54, 1.807) is 23.4 Å². The first kappa shape index (κ1) is 18.1. The molecule has 1 saturated heterocycles. The Kier molecular flexibility index (Phi) is 5.35. The zero-order valence-corrected chi connectivity index (χ0v) is 15.5. The molecule has 2 aromatic rings. The van der Waals surface area contributed by atoms with Crippen molar-refractivity contribution in [2.24, 2.45) is 5.92 Å². The van der Waals surface area contributed by atoms with Gasteiger partial charge in [-0.3, -0.25) is 14.6 Å². The van der Waals surface area contributed by atoms with E-state index in [1.165, 1.54) is 0 Å².